The summed E-state index contributed by atoms with van der Waals surface area (Å²) < 4.78 is 10.8. The van der Waals surface area contributed by atoms with Gasteiger partial charge in [-0.25, -0.2) is 0 Å². The van der Waals surface area contributed by atoms with Gasteiger partial charge in [0.05, 0.1) is 13.7 Å². The quantitative estimate of drug-likeness (QED) is 0.635. The monoisotopic (exact) mass is 400 g/mol. The average Bonchev–Trinajstić information content (AvgIpc) is 3.49. The van der Waals surface area contributed by atoms with E-state index in [1.54, 1.807) is 14.2 Å². The van der Waals surface area contributed by atoms with Gasteiger partial charge in [0.15, 0.2) is 0 Å². The van der Waals surface area contributed by atoms with Gasteiger partial charge in [-0.05, 0) is 62.6 Å². The molecule has 1 saturated heterocycles. The fourth-order valence-electron chi connectivity index (χ4n) is 5.31. The van der Waals surface area contributed by atoms with Crippen molar-refractivity contribution in [1.29, 1.82) is 0 Å². The van der Waals surface area contributed by atoms with Crippen LogP contribution in [0.3, 0.4) is 0 Å². The lowest BCUT2D eigenvalue weighted by molar-refractivity contribution is -0.135. The van der Waals surface area contributed by atoms with Crippen LogP contribution in [-0.4, -0.2) is 62.7 Å². The predicted molar refractivity (Wildman–Crippen MR) is 114 cm³/mol. The van der Waals surface area contributed by atoms with E-state index in [-0.39, 0.29) is 0 Å². The molecule has 0 radical (unpaired) electrons. The van der Waals surface area contributed by atoms with Gasteiger partial charge in [0.2, 0.25) is 5.91 Å². The second kappa shape index (κ2) is 9.05. The van der Waals surface area contributed by atoms with Crippen LogP contribution in [0.4, 0.5) is 0 Å². The topological polar surface area (TPSA) is 42.0 Å². The van der Waals surface area contributed by atoms with Crippen LogP contribution in [-0.2, 0) is 16.1 Å². The van der Waals surface area contributed by atoms with Crippen molar-refractivity contribution in [3.05, 3.63) is 29.8 Å². The Morgan fingerprint density at radius 1 is 1.21 bits per heavy atom. The van der Waals surface area contributed by atoms with Gasteiger partial charge in [-0.15, -0.1) is 0 Å². The van der Waals surface area contributed by atoms with Gasteiger partial charge < -0.3 is 14.4 Å². The molecule has 5 nitrogen and oxygen atoms in total. The number of carbonyl (C=O) groups is 1. The maximum absolute atomic E-state index is 13.1. The van der Waals surface area contributed by atoms with E-state index in [2.05, 4.69) is 21.9 Å². The van der Waals surface area contributed by atoms with Crippen LogP contribution in [0.15, 0.2) is 24.3 Å². The number of rotatable bonds is 9. The smallest absolute Gasteiger partial charge is 0.226 e. The first kappa shape index (κ1) is 20.7. The lowest BCUT2D eigenvalue weighted by Gasteiger charge is -2.36. The van der Waals surface area contributed by atoms with E-state index >= 15 is 0 Å². The Bertz CT molecular complexity index is 695. The molecule has 29 heavy (non-hydrogen) atoms. The Labute approximate surface area is 175 Å². The lowest BCUT2D eigenvalue weighted by atomic mass is 9.79. The second-order valence-electron chi connectivity index (χ2n) is 9.28. The van der Waals surface area contributed by atoms with Crippen molar-refractivity contribution in [3.63, 3.8) is 0 Å². The zero-order chi connectivity index (χ0) is 20.3. The molecule has 4 rings (SSSR count). The third-order valence-electron chi connectivity index (χ3n) is 7.49. The molecule has 2 aliphatic carbocycles. The highest BCUT2D eigenvalue weighted by Crippen LogP contribution is 2.65. The molecule has 3 aliphatic rings. The number of piperidine rings is 1. The minimum absolute atomic E-state index is 0.304. The van der Waals surface area contributed by atoms with E-state index in [9.17, 15) is 4.79 Å². The van der Waals surface area contributed by atoms with Crippen LogP contribution in [0.1, 0.15) is 44.1 Å². The van der Waals surface area contributed by atoms with Crippen LogP contribution in [0.2, 0.25) is 0 Å². The summed E-state index contributed by atoms with van der Waals surface area (Å²) in [6.45, 7) is 5.39. The standard InChI is InChI=1S/C24H36N2O3/c1-28-15-14-26(23(27)21-16-24(21)10-5-11-24)17-19-8-12-25(13-9-19)18-20-6-3-4-7-22(20)29-2/h3-4,6-7,19,21H,5,8-18H2,1-2H3. The van der Waals surface area contributed by atoms with Crippen LogP contribution in [0.25, 0.3) is 0 Å². The Morgan fingerprint density at radius 2 is 1.97 bits per heavy atom. The van der Waals surface area contributed by atoms with Crippen LogP contribution >= 0.6 is 0 Å². The molecule has 0 bridgehead atoms. The molecule has 1 atom stereocenters. The molecule has 160 valence electrons. The average molecular weight is 401 g/mol. The third kappa shape index (κ3) is 4.61. The first-order chi connectivity index (χ1) is 14.1. The summed E-state index contributed by atoms with van der Waals surface area (Å²) in [6, 6.07) is 8.29. The highest BCUT2D eigenvalue weighted by Gasteiger charge is 2.61. The summed E-state index contributed by atoms with van der Waals surface area (Å²) >= 11 is 0. The maximum atomic E-state index is 13.1. The van der Waals surface area contributed by atoms with E-state index < -0.39 is 0 Å². The summed E-state index contributed by atoms with van der Waals surface area (Å²) in [5.74, 6) is 2.28. The second-order valence-corrected chi connectivity index (χ2v) is 9.28. The number of para-hydroxylation sites is 1. The molecule has 1 amide bonds. The molecule has 1 aromatic rings. The van der Waals surface area contributed by atoms with Crippen LogP contribution in [0.5, 0.6) is 5.75 Å². The molecule has 0 aromatic heterocycles. The number of likely N-dealkylation sites (tertiary alicyclic amines) is 1. The lowest BCUT2D eigenvalue weighted by Crippen LogP contribution is -2.43. The molecule has 1 aromatic carbocycles. The molecule has 3 fully saturated rings. The van der Waals surface area contributed by atoms with E-state index in [0.717, 1.165) is 57.7 Å². The first-order valence-electron chi connectivity index (χ1n) is 11.3. The Morgan fingerprint density at radius 3 is 2.59 bits per heavy atom. The summed E-state index contributed by atoms with van der Waals surface area (Å²) in [5, 5.41) is 0. The van der Waals surface area contributed by atoms with Gasteiger partial charge in [0.25, 0.3) is 0 Å². The van der Waals surface area contributed by atoms with Crippen molar-refractivity contribution in [2.45, 2.75) is 45.1 Å². The SMILES string of the molecule is COCCN(CC1CCN(Cc2ccccc2OC)CC1)C(=O)C1CC12CCC2. The molecular weight excluding hydrogens is 364 g/mol. The Hall–Kier alpha value is -1.59. The molecule has 2 saturated carbocycles. The van der Waals surface area contributed by atoms with E-state index in [0.29, 0.717) is 29.8 Å². The predicted octanol–water partition coefficient (Wildman–Crippen LogP) is 3.57. The number of ether oxygens (including phenoxy) is 2. The molecule has 5 heteroatoms. The van der Waals surface area contributed by atoms with Crippen molar-refractivity contribution in [3.8, 4) is 5.75 Å². The molecule has 1 unspecified atom stereocenters. The Balaban J connectivity index is 1.28. The summed E-state index contributed by atoms with van der Waals surface area (Å²) in [5.41, 5.74) is 1.66. The van der Waals surface area contributed by atoms with Gasteiger partial charge in [-0.2, -0.15) is 0 Å². The zero-order valence-corrected chi connectivity index (χ0v) is 18.1. The molecular formula is C24H36N2O3. The third-order valence-corrected chi connectivity index (χ3v) is 7.49. The van der Waals surface area contributed by atoms with Gasteiger partial charge >= 0.3 is 0 Å². The fraction of sp³-hybridized carbons (Fsp3) is 0.708. The maximum Gasteiger partial charge on any atom is 0.226 e. The number of nitrogens with zero attached hydrogens (tertiary/aromatic N) is 2. The van der Waals surface area contributed by atoms with E-state index in [1.807, 2.05) is 12.1 Å². The summed E-state index contributed by atoms with van der Waals surface area (Å²) in [4.78, 5) is 17.8. The first-order valence-corrected chi connectivity index (χ1v) is 11.3. The number of carbonyl (C=O) groups excluding carboxylic acids is 1. The largest absolute Gasteiger partial charge is 0.496 e. The fourth-order valence-corrected chi connectivity index (χ4v) is 5.31. The van der Waals surface area contributed by atoms with Crippen LogP contribution < -0.4 is 4.74 Å². The number of amides is 1. The van der Waals surface area contributed by atoms with Crippen molar-refractivity contribution in [1.82, 2.24) is 9.80 Å². The molecule has 1 heterocycles. The number of benzene rings is 1. The van der Waals surface area contributed by atoms with Gasteiger partial charge in [0, 0.05) is 38.2 Å². The summed E-state index contributed by atoms with van der Waals surface area (Å²) in [6.07, 6.45) is 7.29. The van der Waals surface area contributed by atoms with Gasteiger partial charge in [0.1, 0.15) is 5.75 Å². The zero-order valence-electron chi connectivity index (χ0n) is 18.1. The van der Waals surface area contributed by atoms with Crippen molar-refractivity contribution >= 4 is 5.91 Å². The van der Waals surface area contributed by atoms with Gasteiger partial charge in [-0.3, -0.25) is 9.69 Å². The number of hydrogen-bond acceptors (Lipinski definition) is 4. The minimum Gasteiger partial charge on any atom is -0.496 e. The molecule has 1 aliphatic heterocycles. The normalized spacial score (nSPS) is 23.6. The number of hydrogen-bond donors (Lipinski definition) is 0. The Kier molecular flexibility index (Phi) is 6.45. The minimum atomic E-state index is 0.304. The van der Waals surface area contributed by atoms with Gasteiger partial charge in [-0.1, -0.05) is 24.6 Å². The van der Waals surface area contributed by atoms with Crippen molar-refractivity contribution < 1.29 is 14.3 Å². The highest BCUT2D eigenvalue weighted by atomic mass is 16.5. The summed E-state index contributed by atoms with van der Waals surface area (Å²) in [7, 11) is 3.47. The van der Waals surface area contributed by atoms with Crippen LogP contribution in [0, 0.1) is 17.3 Å². The van der Waals surface area contributed by atoms with Crippen molar-refractivity contribution in [2.24, 2.45) is 17.3 Å². The number of methoxy groups -OCH3 is 2. The molecule has 0 N–H and O–H groups in total. The van der Waals surface area contributed by atoms with E-state index in [4.69, 9.17) is 9.47 Å². The highest BCUT2D eigenvalue weighted by molar-refractivity contribution is 5.83. The van der Waals surface area contributed by atoms with E-state index in [1.165, 1.54) is 24.8 Å². The molecule has 1 spiro atoms. The van der Waals surface area contributed by atoms with Crippen molar-refractivity contribution in [2.75, 3.05) is 47.0 Å².